The van der Waals surface area contributed by atoms with Crippen LogP contribution in [0.4, 0.5) is 0 Å². The fraction of sp³-hybridized carbons (Fsp3) is 0.500. The van der Waals surface area contributed by atoms with Gasteiger partial charge in [-0.15, -0.1) is 9.24 Å². The Labute approximate surface area is 107 Å². The summed E-state index contributed by atoms with van der Waals surface area (Å²) in [6.07, 6.45) is 0. The summed E-state index contributed by atoms with van der Waals surface area (Å²) in [4.78, 5) is 0. The van der Waals surface area contributed by atoms with E-state index in [0.29, 0.717) is 5.66 Å². The van der Waals surface area contributed by atoms with E-state index in [1.54, 1.807) is 9.34 Å². The molecule has 0 N–H and O–H groups in total. The molecule has 5 heteroatoms. The van der Waals surface area contributed by atoms with E-state index < -0.39 is 7.44 Å². The summed E-state index contributed by atoms with van der Waals surface area (Å²) in [6.45, 7) is 2.12. The molecular weight excluding hydrogens is 250 g/mol. The number of nitrogens with zero attached hydrogens (tertiary/aromatic N) is 2. The number of rotatable bonds is 4. The van der Waals surface area contributed by atoms with Crippen molar-refractivity contribution >= 4 is 22.0 Å². The van der Waals surface area contributed by atoms with E-state index in [0.717, 1.165) is 5.30 Å². The highest BCUT2D eigenvalue weighted by molar-refractivity contribution is 7.67. The molecule has 0 aliphatic rings. The predicted molar refractivity (Wildman–Crippen MR) is 79.2 cm³/mol. The molecule has 0 radical (unpaired) electrons. The van der Waals surface area contributed by atoms with Crippen LogP contribution in [-0.4, -0.2) is 37.5 Å². The van der Waals surface area contributed by atoms with Gasteiger partial charge in [0.25, 0.3) is 0 Å². The van der Waals surface area contributed by atoms with Gasteiger partial charge in [0.2, 0.25) is 7.44 Å². The van der Waals surface area contributed by atoms with Crippen LogP contribution < -0.4 is 5.30 Å². The first-order valence-electron chi connectivity index (χ1n) is 5.62. The zero-order valence-corrected chi connectivity index (χ0v) is 13.3. The second kappa shape index (κ2) is 5.63. The Kier molecular flexibility index (Phi) is 4.92. The first-order valence-corrected chi connectivity index (χ1v) is 7.89. The van der Waals surface area contributed by atoms with E-state index in [1.165, 1.54) is 5.56 Å². The summed E-state index contributed by atoms with van der Waals surface area (Å²) in [6, 6.07) is 8.03. The van der Waals surface area contributed by atoms with Gasteiger partial charge in [-0.2, -0.15) is 0 Å². The molecule has 0 aliphatic carbocycles. The Hall–Kier alpha value is -0.200. The van der Waals surface area contributed by atoms with Gasteiger partial charge in [0.15, 0.2) is 0 Å². The second-order valence-electron chi connectivity index (χ2n) is 4.62. The van der Waals surface area contributed by atoms with Crippen LogP contribution in [0.3, 0.4) is 0 Å². The highest BCUT2D eigenvalue weighted by Crippen LogP contribution is 2.48. The van der Waals surface area contributed by atoms with Gasteiger partial charge in [-0.05, 0) is 51.5 Å². The summed E-state index contributed by atoms with van der Waals surface area (Å²) < 4.78 is 16.5. The Morgan fingerprint density at radius 2 is 1.47 bits per heavy atom. The molecule has 0 saturated carbocycles. The lowest BCUT2D eigenvalue weighted by Crippen LogP contribution is -2.28. The summed E-state index contributed by atoms with van der Waals surface area (Å²) in [5, 5.41) is 0.877. The Morgan fingerprint density at radius 1 is 1.06 bits per heavy atom. The Balaban J connectivity index is 3.18. The van der Waals surface area contributed by atoms with Crippen LogP contribution in [0.25, 0.3) is 0 Å². The van der Waals surface area contributed by atoms with Crippen molar-refractivity contribution in [3.05, 3.63) is 29.8 Å². The molecule has 0 aliphatic heterocycles. The van der Waals surface area contributed by atoms with Crippen molar-refractivity contribution in [1.29, 1.82) is 0 Å². The van der Waals surface area contributed by atoms with Crippen molar-refractivity contribution in [2.45, 2.75) is 12.6 Å². The molecule has 0 spiro atoms. The maximum Gasteiger partial charge on any atom is 0.244 e. The van der Waals surface area contributed by atoms with Crippen LogP contribution >= 0.6 is 16.7 Å². The molecule has 96 valence electrons. The van der Waals surface area contributed by atoms with Gasteiger partial charge in [-0.1, -0.05) is 19.1 Å². The summed E-state index contributed by atoms with van der Waals surface area (Å²) in [7, 11) is 7.58. The third-order valence-corrected chi connectivity index (χ3v) is 6.36. The lowest BCUT2D eigenvalue weighted by molar-refractivity contribution is 0.460. The maximum absolute atomic E-state index is 12.9. The Morgan fingerprint density at radius 3 is 1.76 bits per heavy atom. The highest BCUT2D eigenvalue weighted by atomic mass is 31.2. The maximum atomic E-state index is 12.9. The molecule has 3 nitrogen and oxygen atoms in total. The molecule has 1 aromatic carbocycles. The molecule has 0 saturated heterocycles. The van der Waals surface area contributed by atoms with E-state index in [1.807, 2.05) is 52.5 Å². The second-order valence-corrected chi connectivity index (χ2v) is 8.82. The average Bonchev–Trinajstić information content (AvgIpc) is 2.27. The van der Waals surface area contributed by atoms with Gasteiger partial charge in [0, 0.05) is 5.30 Å². The van der Waals surface area contributed by atoms with Crippen molar-refractivity contribution in [3.8, 4) is 0 Å². The molecule has 1 rings (SSSR count). The van der Waals surface area contributed by atoms with Crippen LogP contribution in [0.15, 0.2) is 24.3 Å². The van der Waals surface area contributed by atoms with Crippen LogP contribution in [-0.2, 0) is 4.57 Å². The quantitative estimate of drug-likeness (QED) is 0.787. The molecule has 0 fully saturated rings. The molecule has 0 bridgehead atoms. The minimum absolute atomic E-state index is 0.419. The monoisotopic (exact) mass is 272 g/mol. The van der Waals surface area contributed by atoms with Crippen LogP contribution in [0.5, 0.6) is 0 Å². The molecular formula is C12H22N2OP2. The van der Waals surface area contributed by atoms with Gasteiger partial charge in [0.05, 0.1) is 0 Å². The first kappa shape index (κ1) is 14.9. The largest absolute Gasteiger partial charge is 0.284 e. The number of hydrogen-bond donors (Lipinski definition) is 0. The highest BCUT2D eigenvalue weighted by Gasteiger charge is 2.30. The zero-order valence-electron chi connectivity index (χ0n) is 11.2. The van der Waals surface area contributed by atoms with Gasteiger partial charge in [0.1, 0.15) is 0 Å². The van der Waals surface area contributed by atoms with Crippen molar-refractivity contribution in [2.24, 2.45) is 0 Å². The van der Waals surface area contributed by atoms with Gasteiger partial charge < -0.3 is 0 Å². The summed E-state index contributed by atoms with van der Waals surface area (Å²) >= 11 is 0. The predicted octanol–water partition coefficient (Wildman–Crippen LogP) is 2.56. The van der Waals surface area contributed by atoms with Crippen molar-refractivity contribution in [3.63, 3.8) is 0 Å². The van der Waals surface area contributed by atoms with E-state index in [-0.39, 0.29) is 0 Å². The fourth-order valence-electron chi connectivity index (χ4n) is 1.79. The minimum atomic E-state index is -2.61. The third-order valence-electron chi connectivity index (χ3n) is 2.84. The summed E-state index contributed by atoms with van der Waals surface area (Å²) in [5.74, 6) is 0. The fourth-order valence-corrected chi connectivity index (χ4v) is 4.19. The van der Waals surface area contributed by atoms with Crippen molar-refractivity contribution in [1.82, 2.24) is 9.34 Å². The topological polar surface area (TPSA) is 23.6 Å². The lowest BCUT2D eigenvalue weighted by Gasteiger charge is -2.30. The first-order chi connectivity index (χ1) is 7.80. The van der Waals surface area contributed by atoms with E-state index in [2.05, 4.69) is 16.2 Å². The number of benzene rings is 1. The standard InChI is InChI=1S/C12H22N2OP2/c1-10(16)11-6-8-12(9-7-11)17(15,13(2)3)14(4)5/h6-10H,16H2,1-5H3. The van der Waals surface area contributed by atoms with Crippen LogP contribution in [0.1, 0.15) is 18.1 Å². The molecule has 0 aromatic heterocycles. The summed E-state index contributed by atoms with van der Waals surface area (Å²) in [5.41, 5.74) is 1.66. The van der Waals surface area contributed by atoms with Crippen molar-refractivity contribution in [2.75, 3.05) is 28.2 Å². The molecule has 17 heavy (non-hydrogen) atoms. The molecule has 0 amide bonds. The number of hydrogen-bond acceptors (Lipinski definition) is 1. The van der Waals surface area contributed by atoms with Crippen molar-refractivity contribution < 1.29 is 4.57 Å². The normalized spacial score (nSPS) is 14.4. The van der Waals surface area contributed by atoms with Gasteiger partial charge >= 0.3 is 0 Å². The van der Waals surface area contributed by atoms with Gasteiger partial charge in [-0.25, -0.2) is 9.34 Å². The average molecular weight is 272 g/mol. The van der Waals surface area contributed by atoms with Gasteiger partial charge in [-0.3, -0.25) is 4.57 Å². The SMILES string of the molecule is CC(P)c1ccc(P(=O)(N(C)C)N(C)C)cc1. The van der Waals surface area contributed by atoms with Crippen LogP contribution in [0, 0.1) is 0 Å². The molecule has 2 unspecified atom stereocenters. The molecule has 0 heterocycles. The minimum Gasteiger partial charge on any atom is -0.284 e. The smallest absolute Gasteiger partial charge is 0.244 e. The third kappa shape index (κ3) is 2.98. The van der Waals surface area contributed by atoms with E-state index >= 15 is 0 Å². The van der Waals surface area contributed by atoms with Crippen LogP contribution in [0.2, 0.25) is 0 Å². The lowest BCUT2D eigenvalue weighted by atomic mass is 10.2. The zero-order chi connectivity index (χ0) is 13.2. The molecule has 1 aromatic rings. The van der Waals surface area contributed by atoms with E-state index in [9.17, 15) is 4.57 Å². The van der Waals surface area contributed by atoms with E-state index in [4.69, 9.17) is 0 Å². The Bertz CT molecular complexity index is 401. The molecule has 2 atom stereocenters.